The van der Waals surface area contributed by atoms with E-state index < -0.39 is 24.0 Å². The highest BCUT2D eigenvalue weighted by molar-refractivity contribution is 5.98. The zero-order valence-electron chi connectivity index (χ0n) is 25.4. The number of ketones is 1. The standard InChI is InChI=1S/C29H38FN3O5.C2HF3O2/c1-36-25-14-11-21(17-27(25)38-3)18-28(35)33-29(31)32-23(15-19-7-5-4-6-8-19)24(34)13-10-20-9-12-22(30)26(16-20)37-2;3-2(4,5)1(6)7/h9,11-12,14,16-17,19,23H,4-8,10,13,15,18H2,1-3H3,(H3,31,32,33,35);(H,6,7)/t23-;/m1./s1. The molecule has 248 valence electrons. The maximum absolute atomic E-state index is 13.7. The number of methoxy groups -OCH3 is 3. The van der Waals surface area contributed by atoms with Crippen LogP contribution in [-0.2, 0) is 27.2 Å². The molecule has 1 saturated carbocycles. The van der Waals surface area contributed by atoms with Gasteiger partial charge in [-0.25, -0.2) is 14.2 Å². The number of ether oxygens (including phenoxy) is 3. The second kappa shape index (κ2) is 17.8. The van der Waals surface area contributed by atoms with Crippen LogP contribution in [0.1, 0.15) is 56.1 Å². The number of nitrogens with one attached hydrogen (secondary N) is 1. The normalized spacial score (nSPS) is 14.4. The van der Waals surface area contributed by atoms with Crippen molar-refractivity contribution in [3.05, 3.63) is 53.3 Å². The number of Topliss-reactive ketones (excluding diaryl/α,β-unsaturated/α-hetero) is 1. The molecule has 1 atom stereocenters. The Morgan fingerprint density at radius 2 is 1.53 bits per heavy atom. The van der Waals surface area contributed by atoms with Crippen molar-refractivity contribution >= 4 is 23.6 Å². The van der Waals surface area contributed by atoms with E-state index in [0.717, 1.165) is 36.8 Å². The Bertz CT molecular complexity index is 1330. The van der Waals surface area contributed by atoms with Gasteiger partial charge < -0.3 is 25.1 Å². The topological polar surface area (TPSA) is 150 Å². The molecule has 0 spiro atoms. The Labute approximate surface area is 258 Å². The van der Waals surface area contributed by atoms with Gasteiger partial charge in [-0.2, -0.15) is 13.2 Å². The van der Waals surface area contributed by atoms with Crippen LogP contribution in [0.5, 0.6) is 17.2 Å². The van der Waals surface area contributed by atoms with Crippen LogP contribution in [0, 0.1) is 11.7 Å². The van der Waals surface area contributed by atoms with E-state index in [9.17, 15) is 27.2 Å². The number of aryl methyl sites for hydroxylation is 1. The number of nitrogens with two attached hydrogens (primary N) is 1. The third-order valence-electron chi connectivity index (χ3n) is 7.15. The Hall–Kier alpha value is -4.36. The van der Waals surface area contributed by atoms with Crippen LogP contribution in [0.15, 0.2) is 41.4 Å². The predicted octanol–water partition coefficient (Wildman–Crippen LogP) is 5.00. The van der Waals surface area contributed by atoms with E-state index in [2.05, 4.69) is 10.3 Å². The molecule has 0 bridgehead atoms. The molecule has 1 aliphatic rings. The molecule has 1 aliphatic carbocycles. The van der Waals surface area contributed by atoms with Gasteiger partial charge in [-0.1, -0.05) is 44.2 Å². The van der Waals surface area contributed by atoms with Gasteiger partial charge in [0.25, 0.3) is 0 Å². The van der Waals surface area contributed by atoms with Gasteiger partial charge in [-0.05, 0) is 54.2 Å². The number of amides is 1. The molecule has 0 aromatic heterocycles. The van der Waals surface area contributed by atoms with Crippen LogP contribution in [0.2, 0.25) is 0 Å². The monoisotopic (exact) mass is 641 g/mol. The minimum atomic E-state index is -5.08. The molecule has 0 saturated heterocycles. The lowest BCUT2D eigenvalue weighted by Gasteiger charge is -2.24. The molecule has 0 radical (unpaired) electrons. The SMILES string of the molecule is COc1cc(CCC(=O)[C@@H](CC2CCCCC2)N=C(N)NC(=O)Cc2ccc(OC)c(OC)c2)ccc1F.O=C(O)C(F)(F)F. The number of aliphatic imine (C=N–C) groups is 1. The van der Waals surface area contributed by atoms with Crippen molar-refractivity contribution in [1.29, 1.82) is 0 Å². The van der Waals surface area contributed by atoms with Gasteiger partial charge in [0, 0.05) is 6.42 Å². The molecule has 3 rings (SSSR count). The summed E-state index contributed by atoms with van der Waals surface area (Å²) in [4.78, 5) is 39.2. The fourth-order valence-electron chi connectivity index (χ4n) is 4.85. The number of halogens is 4. The second-order valence-corrected chi connectivity index (χ2v) is 10.4. The first-order valence-electron chi connectivity index (χ1n) is 14.3. The van der Waals surface area contributed by atoms with Crippen LogP contribution < -0.4 is 25.3 Å². The summed E-state index contributed by atoms with van der Waals surface area (Å²) in [6.45, 7) is 0. The summed E-state index contributed by atoms with van der Waals surface area (Å²) in [5.74, 6) is -2.05. The number of guanidine groups is 1. The van der Waals surface area contributed by atoms with Crippen LogP contribution in [0.3, 0.4) is 0 Å². The number of alkyl halides is 3. The Balaban J connectivity index is 0.000000900. The van der Waals surface area contributed by atoms with Gasteiger partial charge >= 0.3 is 12.1 Å². The van der Waals surface area contributed by atoms with Crippen molar-refractivity contribution in [2.45, 2.75) is 70.0 Å². The molecule has 45 heavy (non-hydrogen) atoms. The number of carbonyl (C=O) groups excluding carboxylic acids is 2. The summed E-state index contributed by atoms with van der Waals surface area (Å²) in [6.07, 6.45) is 1.83. The maximum atomic E-state index is 13.7. The van der Waals surface area contributed by atoms with Crippen LogP contribution in [0.4, 0.5) is 17.6 Å². The molecular weight excluding hydrogens is 602 g/mol. The maximum Gasteiger partial charge on any atom is 0.490 e. The quantitative estimate of drug-likeness (QED) is 0.167. The zero-order valence-corrected chi connectivity index (χ0v) is 25.4. The molecule has 1 fully saturated rings. The van der Waals surface area contributed by atoms with Gasteiger partial charge in [0.15, 0.2) is 34.8 Å². The Kier molecular flexibility index (Phi) is 14.6. The molecule has 0 heterocycles. The van der Waals surface area contributed by atoms with Crippen molar-refractivity contribution < 1.29 is 51.3 Å². The lowest BCUT2D eigenvalue weighted by Crippen LogP contribution is -2.40. The van der Waals surface area contributed by atoms with E-state index in [1.807, 2.05) is 0 Å². The van der Waals surface area contributed by atoms with Crippen molar-refractivity contribution in [1.82, 2.24) is 5.32 Å². The first kappa shape index (κ1) is 36.8. The number of hydrogen-bond donors (Lipinski definition) is 3. The summed E-state index contributed by atoms with van der Waals surface area (Å²) in [6, 6.07) is 9.16. The molecule has 2 aromatic carbocycles. The molecule has 1 amide bonds. The molecule has 0 unspecified atom stereocenters. The highest BCUT2D eigenvalue weighted by Crippen LogP contribution is 2.29. The molecule has 0 aliphatic heterocycles. The number of aliphatic carboxylic acids is 1. The smallest absolute Gasteiger partial charge is 0.490 e. The van der Waals surface area contributed by atoms with E-state index in [1.54, 1.807) is 37.4 Å². The number of nitrogens with zero attached hydrogens (tertiary/aromatic N) is 1. The first-order chi connectivity index (χ1) is 21.3. The van der Waals surface area contributed by atoms with Gasteiger partial charge in [0.1, 0.15) is 6.04 Å². The number of carbonyl (C=O) groups is 3. The van der Waals surface area contributed by atoms with Crippen LogP contribution in [-0.4, -0.2) is 62.3 Å². The summed E-state index contributed by atoms with van der Waals surface area (Å²) in [5.41, 5.74) is 7.62. The number of benzene rings is 2. The van der Waals surface area contributed by atoms with E-state index in [0.29, 0.717) is 30.3 Å². The fraction of sp³-hybridized carbons (Fsp3) is 0.484. The van der Waals surface area contributed by atoms with Crippen LogP contribution in [0.25, 0.3) is 0 Å². The van der Waals surface area contributed by atoms with E-state index in [-0.39, 0.29) is 36.2 Å². The van der Waals surface area contributed by atoms with Gasteiger partial charge in [-0.15, -0.1) is 0 Å². The van der Waals surface area contributed by atoms with Crippen molar-refractivity contribution in [3.8, 4) is 17.2 Å². The van der Waals surface area contributed by atoms with E-state index in [4.69, 9.17) is 29.8 Å². The summed E-state index contributed by atoms with van der Waals surface area (Å²) >= 11 is 0. The average Bonchev–Trinajstić information content (AvgIpc) is 3.00. The number of rotatable bonds is 12. The summed E-state index contributed by atoms with van der Waals surface area (Å²) in [7, 11) is 4.48. The fourth-order valence-corrected chi connectivity index (χ4v) is 4.85. The number of carboxylic acids is 1. The highest BCUT2D eigenvalue weighted by Gasteiger charge is 2.38. The minimum absolute atomic E-state index is 0.0593. The lowest BCUT2D eigenvalue weighted by atomic mass is 9.83. The zero-order chi connectivity index (χ0) is 33.6. The third-order valence-corrected chi connectivity index (χ3v) is 7.15. The highest BCUT2D eigenvalue weighted by atomic mass is 19.4. The van der Waals surface area contributed by atoms with Gasteiger partial charge in [0.05, 0.1) is 27.8 Å². The summed E-state index contributed by atoms with van der Waals surface area (Å²) < 4.78 is 61.1. The summed E-state index contributed by atoms with van der Waals surface area (Å²) in [5, 5.41) is 9.74. The van der Waals surface area contributed by atoms with Crippen molar-refractivity contribution in [3.63, 3.8) is 0 Å². The Morgan fingerprint density at radius 1 is 0.956 bits per heavy atom. The lowest BCUT2D eigenvalue weighted by molar-refractivity contribution is -0.192. The van der Waals surface area contributed by atoms with Crippen molar-refractivity contribution in [2.75, 3.05) is 21.3 Å². The average molecular weight is 642 g/mol. The van der Waals surface area contributed by atoms with E-state index in [1.165, 1.54) is 26.7 Å². The molecule has 14 heteroatoms. The third kappa shape index (κ3) is 12.6. The Morgan fingerprint density at radius 3 is 2.11 bits per heavy atom. The van der Waals surface area contributed by atoms with Gasteiger partial charge in [-0.3, -0.25) is 14.9 Å². The molecule has 4 N–H and O–H groups in total. The molecule has 2 aromatic rings. The predicted molar refractivity (Wildman–Crippen MR) is 158 cm³/mol. The second-order valence-electron chi connectivity index (χ2n) is 10.4. The molecular formula is C31H39F4N3O7. The first-order valence-corrected chi connectivity index (χ1v) is 14.3. The minimum Gasteiger partial charge on any atom is -0.494 e. The van der Waals surface area contributed by atoms with Crippen LogP contribution >= 0.6 is 0 Å². The van der Waals surface area contributed by atoms with Crippen molar-refractivity contribution in [2.24, 2.45) is 16.6 Å². The molecule has 10 nitrogen and oxygen atoms in total. The number of carboxylic acid groups (broad SMARTS) is 1. The number of hydrogen-bond acceptors (Lipinski definition) is 7. The van der Waals surface area contributed by atoms with E-state index >= 15 is 0 Å². The largest absolute Gasteiger partial charge is 0.494 e. The van der Waals surface area contributed by atoms with Gasteiger partial charge in [0.2, 0.25) is 5.91 Å².